The predicted molar refractivity (Wildman–Crippen MR) is 81.1 cm³/mol. The molecule has 0 spiro atoms. The fourth-order valence-corrected chi connectivity index (χ4v) is 1.60. The molecule has 1 aromatic carbocycles. The standard InChI is InChI=1S/C15H16F5N3O2/c1-9(8-12(24)14(16,17)15(18,19)20)21-22-13(25)10-4-6-11(7-5-10)23(2)3/h4-8,21H,1-3H3,(H,22,25)/b9-8+. The molecule has 1 rings (SSSR count). The summed E-state index contributed by atoms with van der Waals surface area (Å²) in [6.07, 6.45) is -5.92. The monoisotopic (exact) mass is 365 g/mol. The van der Waals surface area contributed by atoms with Gasteiger partial charge in [-0.25, -0.2) is 0 Å². The molecule has 25 heavy (non-hydrogen) atoms. The molecule has 0 saturated carbocycles. The number of benzene rings is 1. The number of carbonyl (C=O) groups is 2. The highest BCUT2D eigenvalue weighted by molar-refractivity contribution is 5.97. The summed E-state index contributed by atoms with van der Waals surface area (Å²) in [5, 5.41) is 0. The number of anilines is 1. The highest BCUT2D eigenvalue weighted by Gasteiger charge is 2.62. The highest BCUT2D eigenvalue weighted by atomic mass is 19.4. The van der Waals surface area contributed by atoms with Crippen molar-refractivity contribution in [2.24, 2.45) is 0 Å². The first-order valence-corrected chi connectivity index (χ1v) is 6.87. The molecular weight excluding hydrogens is 349 g/mol. The van der Waals surface area contributed by atoms with Gasteiger partial charge in [0.15, 0.2) is 0 Å². The summed E-state index contributed by atoms with van der Waals surface area (Å²) < 4.78 is 61.8. The van der Waals surface area contributed by atoms with Gasteiger partial charge in [-0.05, 0) is 31.2 Å². The first kappa shape index (κ1) is 20.4. The second-order valence-corrected chi connectivity index (χ2v) is 5.28. The average Bonchev–Trinajstić information content (AvgIpc) is 2.51. The predicted octanol–water partition coefficient (Wildman–Crippen LogP) is 2.66. The molecule has 0 bridgehead atoms. The minimum absolute atomic E-state index is 0.0723. The Morgan fingerprint density at radius 3 is 1.96 bits per heavy atom. The molecule has 1 amide bonds. The number of allylic oxidation sites excluding steroid dienone is 2. The van der Waals surface area contributed by atoms with Crippen molar-refractivity contribution in [2.75, 3.05) is 19.0 Å². The average molecular weight is 365 g/mol. The van der Waals surface area contributed by atoms with Crippen molar-refractivity contribution in [3.05, 3.63) is 41.6 Å². The van der Waals surface area contributed by atoms with Gasteiger partial charge in [-0.15, -0.1) is 0 Å². The van der Waals surface area contributed by atoms with Crippen LogP contribution >= 0.6 is 0 Å². The van der Waals surface area contributed by atoms with E-state index in [1.807, 2.05) is 0 Å². The molecule has 10 heteroatoms. The van der Waals surface area contributed by atoms with Crippen LogP contribution in [0.15, 0.2) is 36.0 Å². The SMILES string of the molecule is C/C(=C\C(=O)C(F)(F)C(F)(F)F)NNC(=O)c1ccc(N(C)C)cc1. The van der Waals surface area contributed by atoms with Crippen molar-refractivity contribution in [1.82, 2.24) is 10.9 Å². The van der Waals surface area contributed by atoms with Crippen LogP contribution in [0, 0.1) is 0 Å². The number of halogens is 5. The molecule has 0 radical (unpaired) electrons. The van der Waals surface area contributed by atoms with Gasteiger partial charge in [0.25, 0.3) is 5.91 Å². The number of ketones is 1. The van der Waals surface area contributed by atoms with Gasteiger partial charge in [0, 0.05) is 37.1 Å². The Labute approximate surface area is 140 Å². The normalized spacial score (nSPS) is 12.6. The van der Waals surface area contributed by atoms with Gasteiger partial charge in [0.1, 0.15) is 0 Å². The molecule has 0 fully saturated rings. The summed E-state index contributed by atoms with van der Waals surface area (Å²) in [6, 6.07) is 6.30. The lowest BCUT2D eigenvalue weighted by Gasteiger charge is -2.17. The van der Waals surface area contributed by atoms with E-state index in [0.717, 1.165) is 12.6 Å². The fourth-order valence-electron chi connectivity index (χ4n) is 1.60. The number of amides is 1. The lowest BCUT2D eigenvalue weighted by atomic mass is 10.2. The van der Waals surface area contributed by atoms with E-state index in [4.69, 9.17) is 0 Å². The summed E-state index contributed by atoms with van der Waals surface area (Å²) in [5.74, 6) is -8.59. The Bertz CT molecular complexity index is 667. The maximum Gasteiger partial charge on any atom is 0.461 e. The summed E-state index contributed by atoms with van der Waals surface area (Å²) in [7, 11) is 3.61. The van der Waals surface area contributed by atoms with Crippen LogP contribution in [0.25, 0.3) is 0 Å². The number of carbonyl (C=O) groups excluding carboxylic acids is 2. The zero-order valence-electron chi connectivity index (χ0n) is 13.5. The van der Waals surface area contributed by atoms with E-state index in [0.29, 0.717) is 0 Å². The molecule has 0 unspecified atom stereocenters. The van der Waals surface area contributed by atoms with E-state index in [1.54, 1.807) is 31.1 Å². The molecule has 0 atom stereocenters. The van der Waals surface area contributed by atoms with Crippen LogP contribution in [0.2, 0.25) is 0 Å². The van der Waals surface area contributed by atoms with E-state index in [-0.39, 0.29) is 17.3 Å². The fraction of sp³-hybridized carbons (Fsp3) is 0.333. The minimum Gasteiger partial charge on any atom is -0.378 e. The van der Waals surface area contributed by atoms with Gasteiger partial charge in [-0.1, -0.05) is 0 Å². The number of hydrogen-bond acceptors (Lipinski definition) is 4. The molecule has 0 aromatic heterocycles. The highest BCUT2D eigenvalue weighted by Crippen LogP contribution is 2.36. The van der Waals surface area contributed by atoms with E-state index in [9.17, 15) is 31.5 Å². The molecule has 1 aromatic rings. The summed E-state index contributed by atoms with van der Waals surface area (Å²) in [6.45, 7) is 1.06. The van der Waals surface area contributed by atoms with Crippen molar-refractivity contribution in [2.45, 2.75) is 19.0 Å². The smallest absolute Gasteiger partial charge is 0.378 e. The van der Waals surface area contributed by atoms with Crippen molar-refractivity contribution >= 4 is 17.4 Å². The third-order valence-corrected chi connectivity index (χ3v) is 3.03. The number of hydrogen-bond donors (Lipinski definition) is 2. The van der Waals surface area contributed by atoms with E-state index < -0.39 is 23.8 Å². The van der Waals surface area contributed by atoms with Crippen molar-refractivity contribution in [1.29, 1.82) is 0 Å². The second-order valence-electron chi connectivity index (χ2n) is 5.28. The molecule has 0 heterocycles. The van der Waals surface area contributed by atoms with Gasteiger partial charge in [0.05, 0.1) is 0 Å². The molecule has 0 aliphatic carbocycles. The Hall–Kier alpha value is -2.65. The second kappa shape index (κ2) is 7.49. The van der Waals surface area contributed by atoms with E-state index >= 15 is 0 Å². The lowest BCUT2D eigenvalue weighted by Crippen LogP contribution is -2.44. The van der Waals surface area contributed by atoms with E-state index in [2.05, 4.69) is 10.9 Å². The Morgan fingerprint density at radius 2 is 1.52 bits per heavy atom. The third-order valence-electron chi connectivity index (χ3n) is 3.03. The maximum atomic E-state index is 12.8. The molecular formula is C15H16F5N3O2. The van der Waals surface area contributed by atoms with Crippen molar-refractivity contribution < 1.29 is 31.5 Å². The number of alkyl halides is 5. The third kappa shape index (κ3) is 5.16. The molecule has 138 valence electrons. The number of nitrogens with one attached hydrogen (secondary N) is 2. The summed E-state index contributed by atoms with van der Waals surface area (Å²) >= 11 is 0. The topological polar surface area (TPSA) is 61.4 Å². The van der Waals surface area contributed by atoms with E-state index in [1.165, 1.54) is 12.1 Å². The van der Waals surface area contributed by atoms with Crippen LogP contribution in [0.3, 0.4) is 0 Å². The van der Waals surface area contributed by atoms with Crippen LogP contribution in [0.4, 0.5) is 27.6 Å². The Kier molecular flexibility index (Phi) is 6.11. The summed E-state index contributed by atoms with van der Waals surface area (Å²) in [5.41, 5.74) is 4.87. The first-order chi connectivity index (χ1) is 11.4. The quantitative estimate of drug-likeness (QED) is 0.462. The molecule has 5 nitrogen and oxygen atoms in total. The van der Waals surface area contributed by atoms with Gasteiger partial charge >= 0.3 is 12.1 Å². The number of hydrazine groups is 1. The molecule has 2 N–H and O–H groups in total. The maximum absolute atomic E-state index is 12.8. The molecule has 0 aliphatic rings. The zero-order chi connectivity index (χ0) is 19.4. The first-order valence-electron chi connectivity index (χ1n) is 6.87. The molecule has 0 aliphatic heterocycles. The van der Waals surface area contributed by atoms with Crippen molar-refractivity contribution in [3.8, 4) is 0 Å². The number of nitrogens with zero attached hydrogens (tertiary/aromatic N) is 1. The van der Waals surface area contributed by atoms with Crippen LogP contribution in [-0.4, -0.2) is 37.9 Å². The number of rotatable bonds is 6. The van der Waals surface area contributed by atoms with Crippen molar-refractivity contribution in [3.63, 3.8) is 0 Å². The summed E-state index contributed by atoms with van der Waals surface area (Å²) in [4.78, 5) is 24.7. The lowest BCUT2D eigenvalue weighted by molar-refractivity contribution is -0.266. The van der Waals surface area contributed by atoms with Crippen LogP contribution in [0.1, 0.15) is 17.3 Å². The molecule has 0 saturated heterocycles. The Morgan fingerprint density at radius 1 is 1.00 bits per heavy atom. The van der Waals surface area contributed by atoms with Gasteiger partial charge in [-0.2, -0.15) is 22.0 Å². The van der Waals surface area contributed by atoms with Gasteiger partial charge < -0.3 is 10.3 Å². The van der Waals surface area contributed by atoms with Gasteiger partial charge in [-0.3, -0.25) is 15.0 Å². The Balaban J connectivity index is 2.70. The largest absolute Gasteiger partial charge is 0.461 e. The van der Waals surface area contributed by atoms with Gasteiger partial charge in [0.2, 0.25) is 5.78 Å². The van der Waals surface area contributed by atoms with Crippen LogP contribution in [0.5, 0.6) is 0 Å². The van der Waals surface area contributed by atoms with Crippen LogP contribution in [-0.2, 0) is 4.79 Å². The zero-order valence-corrected chi connectivity index (χ0v) is 13.5. The minimum atomic E-state index is -5.99. The van der Waals surface area contributed by atoms with Crippen LogP contribution < -0.4 is 15.8 Å².